The minimum Gasteiger partial charge on any atom is -0.465 e. The molecule has 1 amide bonds. The maximum Gasteiger partial charge on any atom is 0.340 e. The first-order valence-electron chi connectivity index (χ1n) is 9.80. The van der Waals surface area contributed by atoms with Gasteiger partial charge < -0.3 is 15.4 Å². The van der Waals surface area contributed by atoms with Gasteiger partial charge in [0.25, 0.3) is 0 Å². The number of rotatable bonds is 7. The average molecular weight is 449 g/mol. The summed E-state index contributed by atoms with van der Waals surface area (Å²) in [6, 6.07) is 18.0. The highest BCUT2D eigenvalue weighted by molar-refractivity contribution is 6.34. The Hall–Kier alpha value is -3.89. The van der Waals surface area contributed by atoms with Crippen LogP contribution in [0, 0.1) is 11.3 Å². The molecule has 7 nitrogen and oxygen atoms in total. The van der Waals surface area contributed by atoms with Crippen LogP contribution in [0.2, 0.25) is 5.02 Å². The molecule has 0 fully saturated rings. The van der Waals surface area contributed by atoms with Gasteiger partial charge in [0.2, 0.25) is 5.91 Å². The summed E-state index contributed by atoms with van der Waals surface area (Å²) in [7, 11) is 1.32. The number of carbonyl (C=O) groups excluding carboxylic acids is 2. The molecule has 1 heterocycles. The lowest BCUT2D eigenvalue weighted by atomic mass is 9.97. The number of amides is 1. The molecule has 1 atom stereocenters. The van der Waals surface area contributed by atoms with E-state index in [0.717, 1.165) is 11.1 Å². The van der Waals surface area contributed by atoms with Crippen molar-refractivity contribution in [2.75, 3.05) is 17.7 Å². The number of hydrogen-bond acceptors (Lipinski definition) is 6. The number of pyridine rings is 1. The molecule has 0 aliphatic carbocycles. The molecule has 2 N–H and O–H groups in total. The van der Waals surface area contributed by atoms with Crippen molar-refractivity contribution in [1.82, 2.24) is 4.98 Å². The molecule has 2 aromatic carbocycles. The van der Waals surface area contributed by atoms with E-state index < -0.39 is 11.9 Å². The van der Waals surface area contributed by atoms with Crippen LogP contribution in [0.4, 0.5) is 11.5 Å². The lowest BCUT2D eigenvalue weighted by Crippen LogP contribution is -2.14. The average Bonchev–Trinajstić information content (AvgIpc) is 2.80. The van der Waals surface area contributed by atoms with Gasteiger partial charge in [0, 0.05) is 6.20 Å². The highest BCUT2D eigenvalue weighted by atomic mass is 35.5. The molecule has 0 saturated carbocycles. The number of carbonyl (C=O) groups is 2. The molecule has 0 saturated heterocycles. The maximum atomic E-state index is 12.2. The first-order chi connectivity index (χ1) is 15.4. The molecule has 8 heteroatoms. The van der Waals surface area contributed by atoms with Gasteiger partial charge in [-0.2, -0.15) is 5.26 Å². The van der Waals surface area contributed by atoms with Crippen molar-refractivity contribution in [2.45, 2.75) is 19.4 Å². The van der Waals surface area contributed by atoms with Crippen molar-refractivity contribution in [3.63, 3.8) is 0 Å². The zero-order valence-electron chi connectivity index (χ0n) is 17.6. The summed E-state index contributed by atoms with van der Waals surface area (Å²) in [5, 5.41) is 15.0. The summed E-state index contributed by atoms with van der Waals surface area (Å²) in [5.74, 6) is -0.396. The van der Waals surface area contributed by atoms with Gasteiger partial charge >= 0.3 is 5.97 Å². The van der Waals surface area contributed by atoms with E-state index in [2.05, 4.69) is 15.6 Å². The van der Waals surface area contributed by atoms with Crippen LogP contribution >= 0.6 is 11.6 Å². The second kappa shape index (κ2) is 10.4. The number of nitriles is 1. The van der Waals surface area contributed by atoms with Gasteiger partial charge in [-0.05, 0) is 41.8 Å². The molecule has 0 spiro atoms. The number of nitrogens with one attached hydrogen (secondary N) is 2. The first kappa shape index (κ1) is 22.8. The van der Waals surface area contributed by atoms with Gasteiger partial charge in [-0.1, -0.05) is 48.0 Å². The maximum absolute atomic E-state index is 12.2. The van der Waals surface area contributed by atoms with Crippen LogP contribution in [0.1, 0.15) is 35.3 Å². The fourth-order valence-corrected chi connectivity index (χ4v) is 3.45. The Morgan fingerprint density at radius 3 is 2.59 bits per heavy atom. The van der Waals surface area contributed by atoms with Crippen molar-refractivity contribution in [2.24, 2.45) is 0 Å². The lowest BCUT2D eigenvalue weighted by molar-refractivity contribution is -0.115. The fourth-order valence-electron chi connectivity index (χ4n) is 3.20. The molecular formula is C24H21ClN4O3. The van der Waals surface area contributed by atoms with E-state index in [0.29, 0.717) is 27.7 Å². The first-order valence-corrected chi connectivity index (χ1v) is 10.2. The SMILES string of the molecule is COC(=O)c1c(Cl)cccc1-c1ccc(C(C)Nc2ncccc2NC(=O)CC#N)cc1. The van der Waals surface area contributed by atoms with E-state index in [4.69, 9.17) is 21.6 Å². The number of ether oxygens (including phenoxy) is 1. The van der Waals surface area contributed by atoms with E-state index in [1.807, 2.05) is 43.3 Å². The zero-order chi connectivity index (χ0) is 23.1. The van der Waals surface area contributed by atoms with Gasteiger partial charge in [0.05, 0.1) is 35.5 Å². The van der Waals surface area contributed by atoms with E-state index in [1.54, 1.807) is 30.5 Å². The minimum atomic E-state index is -0.495. The third-order valence-electron chi connectivity index (χ3n) is 4.80. The highest BCUT2D eigenvalue weighted by Gasteiger charge is 2.18. The predicted molar refractivity (Wildman–Crippen MR) is 123 cm³/mol. The third-order valence-corrected chi connectivity index (χ3v) is 5.11. The summed E-state index contributed by atoms with van der Waals surface area (Å²) in [6.07, 6.45) is 1.38. The monoisotopic (exact) mass is 448 g/mol. The smallest absolute Gasteiger partial charge is 0.340 e. The van der Waals surface area contributed by atoms with Crippen LogP contribution in [-0.4, -0.2) is 24.0 Å². The lowest BCUT2D eigenvalue weighted by Gasteiger charge is -2.18. The molecule has 1 aromatic heterocycles. The van der Waals surface area contributed by atoms with Gasteiger partial charge in [-0.25, -0.2) is 9.78 Å². The summed E-state index contributed by atoms with van der Waals surface area (Å²) < 4.78 is 4.87. The molecule has 1 unspecified atom stereocenters. The van der Waals surface area contributed by atoms with Gasteiger partial charge in [0.15, 0.2) is 0 Å². The molecule has 162 valence electrons. The molecule has 32 heavy (non-hydrogen) atoms. The number of aromatic nitrogens is 1. The van der Waals surface area contributed by atoms with Crippen LogP contribution in [0.3, 0.4) is 0 Å². The molecule has 3 rings (SSSR count). The summed E-state index contributed by atoms with van der Waals surface area (Å²) >= 11 is 6.23. The van der Waals surface area contributed by atoms with Crippen molar-refractivity contribution in [3.8, 4) is 17.2 Å². The van der Waals surface area contributed by atoms with Crippen LogP contribution < -0.4 is 10.6 Å². The zero-order valence-corrected chi connectivity index (χ0v) is 18.3. The number of methoxy groups -OCH3 is 1. The quantitative estimate of drug-likeness (QED) is 0.480. The van der Waals surface area contributed by atoms with E-state index in [1.165, 1.54) is 7.11 Å². The normalized spacial score (nSPS) is 11.2. The predicted octanol–water partition coefficient (Wildman–Crippen LogP) is 5.21. The van der Waals surface area contributed by atoms with Crippen molar-refractivity contribution in [1.29, 1.82) is 5.26 Å². The van der Waals surface area contributed by atoms with Crippen LogP contribution in [0.15, 0.2) is 60.8 Å². The van der Waals surface area contributed by atoms with E-state index in [9.17, 15) is 9.59 Å². The minimum absolute atomic E-state index is 0.134. The summed E-state index contributed by atoms with van der Waals surface area (Å²) in [5.41, 5.74) is 3.30. The molecular weight excluding hydrogens is 428 g/mol. The highest BCUT2D eigenvalue weighted by Crippen LogP contribution is 2.31. The Bertz CT molecular complexity index is 1170. The van der Waals surface area contributed by atoms with Crippen LogP contribution in [-0.2, 0) is 9.53 Å². The Morgan fingerprint density at radius 2 is 1.91 bits per heavy atom. The molecule has 0 bridgehead atoms. The summed E-state index contributed by atoms with van der Waals surface area (Å²) in [4.78, 5) is 28.3. The molecule has 0 radical (unpaired) electrons. The Labute approximate surface area is 191 Å². The second-order valence-electron chi connectivity index (χ2n) is 6.92. The number of halogens is 1. The van der Waals surface area contributed by atoms with Crippen molar-refractivity contribution < 1.29 is 14.3 Å². The number of esters is 1. The topological polar surface area (TPSA) is 104 Å². The number of nitrogens with zero attached hydrogens (tertiary/aromatic N) is 2. The molecule has 0 aliphatic rings. The van der Waals surface area contributed by atoms with Crippen LogP contribution in [0.25, 0.3) is 11.1 Å². The van der Waals surface area contributed by atoms with Crippen molar-refractivity contribution >= 4 is 35.0 Å². The van der Waals surface area contributed by atoms with E-state index >= 15 is 0 Å². The van der Waals surface area contributed by atoms with Crippen LogP contribution in [0.5, 0.6) is 0 Å². The number of hydrogen-bond donors (Lipinski definition) is 2. The number of benzene rings is 2. The third kappa shape index (κ3) is 5.23. The standard InChI is InChI=1S/C24H21ClN4O3/c1-15(28-23-20(7-4-14-27-23)29-21(30)12-13-26)16-8-10-17(11-9-16)18-5-3-6-19(25)22(18)24(31)32-2/h3-11,14-15H,12H2,1-2H3,(H,27,28)(H,29,30). The Balaban J connectivity index is 1.82. The van der Waals surface area contributed by atoms with Gasteiger partial charge in [0.1, 0.15) is 12.2 Å². The van der Waals surface area contributed by atoms with Gasteiger partial charge in [-0.3, -0.25) is 4.79 Å². The summed E-state index contributed by atoms with van der Waals surface area (Å²) in [6.45, 7) is 1.96. The molecule has 0 aliphatic heterocycles. The second-order valence-corrected chi connectivity index (χ2v) is 7.33. The Kier molecular flexibility index (Phi) is 7.42. The fraction of sp³-hybridized carbons (Fsp3) is 0.167. The molecule has 3 aromatic rings. The van der Waals surface area contributed by atoms with E-state index in [-0.39, 0.29) is 12.5 Å². The van der Waals surface area contributed by atoms with Gasteiger partial charge in [-0.15, -0.1) is 0 Å². The Morgan fingerprint density at radius 1 is 1.16 bits per heavy atom. The largest absolute Gasteiger partial charge is 0.465 e. The van der Waals surface area contributed by atoms with Crippen molar-refractivity contribution in [3.05, 3.63) is 76.9 Å². The number of anilines is 2.